The van der Waals surface area contributed by atoms with Gasteiger partial charge in [-0.05, 0) is 37.6 Å². The molecule has 0 aliphatic rings. The molecule has 4 nitrogen and oxygen atoms in total. The van der Waals surface area contributed by atoms with Crippen molar-refractivity contribution in [2.75, 3.05) is 17.7 Å². The zero-order valence-corrected chi connectivity index (χ0v) is 11.0. The predicted molar refractivity (Wildman–Crippen MR) is 70.2 cm³/mol. The zero-order chi connectivity index (χ0) is 15.2. The molecule has 0 bridgehead atoms. The fourth-order valence-corrected chi connectivity index (χ4v) is 1.38. The molecule has 0 heterocycles. The van der Waals surface area contributed by atoms with Crippen LogP contribution in [0.25, 0.3) is 0 Å². The number of benzene rings is 1. The molecule has 20 heavy (non-hydrogen) atoms. The van der Waals surface area contributed by atoms with E-state index in [0.717, 1.165) is 6.92 Å². The van der Waals surface area contributed by atoms with E-state index in [9.17, 15) is 18.0 Å². The molecule has 112 valence electrons. The summed E-state index contributed by atoms with van der Waals surface area (Å²) in [6.07, 6.45) is -5.87. The van der Waals surface area contributed by atoms with Gasteiger partial charge in [-0.2, -0.15) is 13.2 Å². The average molecular weight is 290 g/mol. The van der Waals surface area contributed by atoms with Crippen molar-refractivity contribution in [3.63, 3.8) is 0 Å². The molecule has 7 heteroatoms. The number of rotatable bonds is 6. The van der Waals surface area contributed by atoms with Crippen LogP contribution in [0.1, 0.15) is 19.8 Å². The highest BCUT2D eigenvalue weighted by Gasteiger charge is 2.36. The van der Waals surface area contributed by atoms with Crippen LogP contribution in [0.5, 0.6) is 0 Å². The molecule has 0 aromatic heterocycles. The number of hydrogen-bond donors (Lipinski definition) is 2. The Morgan fingerprint density at radius 1 is 1.35 bits per heavy atom. The SMILES string of the molecule is CC(OCCCC(=O)Nc1ccc(N)cc1)C(F)(F)F. The third-order valence-electron chi connectivity index (χ3n) is 2.57. The number of amides is 1. The molecule has 3 N–H and O–H groups in total. The molecule has 1 aromatic carbocycles. The van der Waals surface area contributed by atoms with E-state index in [1.54, 1.807) is 24.3 Å². The Morgan fingerprint density at radius 2 is 1.95 bits per heavy atom. The highest BCUT2D eigenvalue weighted by Crippen LogP contribution is 2.22. The van der Waals surface area contributed by atoms with Gasteiger partial charge in [0.1, 0.15) is 0 Å². The van der Waals surface area contributed by atoms with Crippen molar-refractivity contribution < 1.29 is 22.7 Å². The van der Waals surface area contributed by atoms with Crippen LogP contribution in [-0.4, -0.2) is 24.8 Å². The van der Waals surface area contributed by atoms with Gasteiger partial charge in [0.2, 0.25) is 5.91 Å². The fourth-order valence-electron chi connectivity index (χ4n) is 1.38. The number of carbonyl (C=O) groups is 1. The minimum Gasteiger partial charge on any atom is -0.399 e. The van der Waals surface area contributed by atoms with Crippen molar-refractivity contribution in [3.05, 3.63) is 24.3 Å². The molecule has 0 aliphatic heterocycles. The number of halogens is 3. The summed E-state index contributed by atoms with van der Waals surface area (Å²) in [5.41, 5.74) is 6.67. The van der Waals surface area contributed by atoms with E-state index in [2.05, 4.69) is 10.1 Å². The van der Waals surface area contributed by atoms with Crippen LogP contribution in [0.4, 0.5) is 24.5 Å². The maximum Gasteiger partial charge on any atom is 0.414 e. The summed E-state index contributed by atoms with van der Waals surface area (Å²) in [5, 5.41) is 2.62. The number of nitrogens with one attached hydrogen (secondary N) is 1. The van der Waals surface area contributed by atoms with E-state index in [0.29, 0.717) is 11.4 Å². The van der Waals surface area contributed by atoms with Gasteiger partial charge < -0.3 is 15.8 Å². The normalized spacial score (nSPS) is 13.0. The first kappa shape index (κ1) is 16.3. The second-order valence-corrected chi connectivity index (χ2v) is 4.33. The first-order valence-electron chi connectivity index (χ1n) is 6.13. The lowest BCUT2D eigenvalue weighted by Gasteiger charge is -2.16. The van der Waals surface area contributed by atoms with Crippen molar-refractivity contribution in [2.45, 2.75) is 32.0 Å². The molecule has 1 rings (SSSR count). The van der Waals surface area contributed by atoms with Crippen LogP contribution >= 0.6 is 0 Å². The Morgan fingerprint density at radius 3 is 2.50 bits per heavy atom. The molecular formula is C13H17F3N2O2. The zero-order valence-electron chi connectivity index (χ0n) is 11.0. The Hall–Kier alpha value is -1.76. The third kappa shape index (κ3) is 5.92. The highest BCUT2D eigenvalue weighted by atomic mass is 19.4. The van der Waals surface area contributed by atoms with E-state index >= 15 is 0 Å². The van der Waals surface area contributed by atoms with Gasteiger partial charge >= 0.3 is 6.18 Å². The van der Waals surface area contributed by atoms with Crippen molar-refractivity contribution in [1.29, 1.82) is 0 Å². The van der Waals surface area contributed by atoms with E-state index in [4.69, 9.17) is 5.73 Å². The number of alkyl halides is 3. The van der Waals surface area contributed by atoms with Crippen LogP contribution in [0.2, 0.25) is 0 Å². The quantitative estimate of drug-likeness (QED) is 0.625. The van der Waals surface area contributed by atoms with Crippen molar-refractivity contribution in [2.24, 2.45) is 0 Å². The third-order valence-corrected chi connectivity index (χ3v) is 2.57. The summed E-state index contributed by atoms with van der Waals surface area (Å²) in [4.78, 5) is 11.5. The number of nitrogen functional groups attached to an aromatic ring is 1. The molecule has 0 spiro atoms. The van der Waals surface area contributed by atoms with Crippen LogP contribution in [0.15, 0.2) is 24.3 Å². The Labute approximate surface area is 115 Å². The summed E-state index contributed by atoms with van der Waals surface area (Å²) in [6, 6.07) is 6.58. The molecule has 0 aliphatic carbocycles. The van der Waals surface area contributed by atoms with Gasteiger partial charge in [-0.3, -0.25) is 4.79 Å². The monoisotopic (exact) mass is 290 g/mol. The first-order chi connectivity index (χ1) is 9.29. The van der Waals surface area contributed by atoms with Gasteiger partial charge in [0.15, 0.2) is 6.10 Å². The molecule has 1 unspecified atom stereocenters. The maximum absolute atomic E-state index is 12.1. The van der Waals surface area contributed by atoms with Gasteiger partial charge in [0.05, 0.1) is 0 Å². The van der Waals surface area contributed by atoms with E-state index < -0.39 is 12.3 Å². The van der Waals surface area contributed by atoms with Gasteiger partial charge in [-0.1, -0.05) is 0 Å². The number of ether oxygens (including phenoxy) is 1. The molecule has 0 saturated heterocycles. The molecule has 1 aromatic rings. The van der Waals surface area contributed by atoms with Gasteiger partial charge in [-0.15, -0.1) is 0 Å². The minimum atomic E-state index is -4.37. The summed E-state index contributed by atoms with van der Waals surface area (Å²) in [6.45, 7) is 0.824. The first-order valence-corrected chi connectivity index (χ1v) is 6.13. The van der Waals surface area contributed by atoms with Gasteiger partial charge in [-0.25, -0.2) is 0 Å². The number of nitrogens with two attached hydrogens (primary N) is 1. The van der Waals surface area contributed by atoms with Crippen LogP contribution < -0.4 is 11.1 Å². The molecule has 1 amide bonds. The molecule has 0 radical (unpaired) electrons. The lowest BCUT2D eigenvalue weighted by Crippen LogP contribution is -2.29. The fraction of sp³-hybridized carbons (Fsp3) is 0.462. The Balaban J connectivity index is 2.22. The van der Waals surface area contributed by atoms with E-state index in [1.807, 2.05) is 0 Å². The summed E-state index contributed by atoms with van der Waals surface area (Å²) in [7, 11) is 0. The van der Waals surface area contributed by atoms with E-state index in [1.165, 1.54) is 0 Å². The smallest absolute Gasteiger partial charge is 0.399 e. The van der Waals surface area contributed by atoms with Gasteiger partial charge in [0.25, 0.3) is 0 Å². The lowest BCUT2D eigenvalue weighted by atomic mass is 10.2. The Bertz CT molecular complexity index is 432. The van der Waals surface area contributed by atoms with Crippen molar-refractivity contribution >= 4 is 17.3 Å². The standard InChI is InChI=1S/C13H17F3N2O2/c1-9(13(14,15)16)20-8-2-3-12(19)18-11-6-4-10(17)5-7-11/h4-7,9H,2-3,8,17H2,1H3,(H,18,19). The second kappa shape index (κ2) is 7.14. The van der Waals surface area contributed by atoms with Crippen LogP contribution in [0.3, 0.4) is 0 Å². The number of carbonyl (C=O) groups excluding carboxylic acids is 1. The largest absolute Gasteiger partial charge is 0.414 e. The van der Waals surface area contributed by atoms with Crippen LogP contribution in [-0.2, 0) is 9.53 Å². The van der Waals surface area contributed by atoms with Crippen molar-refractivity contribution in [1.82, 2.24) is 0 Å². The molecule has 1 atom stereocenters. The molecule has 0 fully saturated rings. The number of anilines is 2. The lowest BCUT2D eigenvalue weighted by molar-refractivity contribution is -0.214. The topological polar surface area (TPSA) is 64.3 Å². The molecular weight excluding hydrogens is 273 g/mol. The van der Waals surface area contributed by atoms with Crippen molar-refractivity contribution in [3.8, 4) is 0 Å². The second-order valence-electron chi connectivity index (χ2n) is 4.33. The highest BCUT2D eigenvalue weighted by molar-refractivity contribution is 5.90. The van der Waals surface area contributed by atoms with E-state index in [-0.39, 0.29) is 25.4 Å². The number of hydrogen-bond acceptors (Lipinski definition) is 3. The summed E-state index contributed by atoms with van der Waals surface area (Å²) < 4.78 is 41.0. The average Bonchev–Trinajstić information content (AvgIpc) is 2.36. The Kier molecular flexibility index (Phi) is 5.82. The van der Waals surface area contributed by atoms with Crippen LogP contribution in [0, 0.1) is 0 Å². The molecule has 0 saturated carbocycles. The maximum atomic E-state index is 12.1. The van der Waals surface area contributed by atoms with Gasteiger partial charge in [0, 0.05) is 24.4 Å². The minimum absolute atomic E-state index is 0.0922. The predicted octanol–water partition coefficient (Wildman–Crippen LogP) is 2.95. The summed E-state index contributed by atoms with van der Waals surface area (Å²) in [5.74, 6) is -0.280. The summed E-state index contributed by atoms with van der Waals surface area (Å²) >= 11 is 0.